The van der Waals surface area contributed by atoms with Crippen molar-refractivity contribution >= 4 is 29.1 Å². The van der Waals surface area contributed by atoms with Crippen LogP contribution < -0.4 is 10.2 Å². The number of carbonyl (C=O) groups is 1. The largest absolute Gasteiger partial charge is 0.496 e. The van der Waals surface area contributed by atoms with Crippen molar-refractivity contribution in [2.24, 2.45) is 5.10 Å². The van der Waals surface area contributed by atoms with Gasteiger partial charge in [0.2, 0.25) is 0 Å². The number of nitrogens with zero attached hydrogens (tertiary/aromatic N) is 1. The monoisotopic (exact) mass is 366 g/mol. The second-order valence-corrected chi connectivity index (χ2v) is 5.94. The van der Waals surface area contributed by atoms with Crippen LogP contribution in [0.3, 0.4) is 0 Å². The molecule has 0 saturated heterocycles. The van der Waals surface area contributed by atoms with E-state index in [2.05, 4.69) is 10.5 Å². The number of anilines is 1. The van der Waals surface area contributed by atoms with Crippen LogP contribution in [0.15, 0.2) is 52.5 Å². The van der Waals surface area contributed by atoms with Crippen molar-refractivity contribution < 1.29 is 23.4 Å². The number of benzene rings is 2. The number of nitrogens with one attached hydrogen (secondary N) is 1. The molecular weight excluding hydrogens is 350 g/mol. The van der Waals surface area contributed by atoms with Crippen LogP contribution in [-0.2, 0) is 0 Å². The highest BCUT2D eigenvalue weighted by atomic mass is 32.2. The summed E-state index contributed by atoms with van der Waals surface area (Å²) in [5, 5.41) is 13.3. The summed E-state index contributed by atoms with van der Waals surface area (Å²) in [7, 11) is 1.41. The molecule has 0 radical (unpaired) electrons. The Morgan fingerprint density at radius 1 is 1.28 bits per heavy atom. The minimum absolute atomic E-state index is 0.0975. The van der Waals surface area contributed by atoms with E-state index in [-0.39, 0.29) is 5.56 Å². The van der Waals surface area contributed by atoms with Gasteiger partial charge in [-0.3, -0.25) is 5.43 Å². The number of hydrazone groups is 1. The number of hydrogen-bond acceptors (Lipinski definition) is 5. The van der Waals surface area contributed by atoms with E-state index in [1.165, 1.54) is 19.2 Å². The van der Waals surface area contributed by atoms with Crippen LogP contribution in [-0.4, -0.2) is 29.7 Å². The average Bonchev–Trinajstić information content (AvgIpc) is 2.59. The molecule has 0 atom stereocenters. The molecule has 2 aromatic carbocycles. The summed E-state index contributed by atoms with van der Waals surface area (Å²) < 4.78 is 30.2. The van der Waals surface area contributed by atoms with Crippen molar-refractivity contribution in [3.63, 3.8) is 0 Å². The molecule has 0 aliphatic carbocycles. The molecule has 0 aromatic heterocycles. The smallest absolute Gasteiger partial charge is 0.337 e. The molecule has 0 saturated carbocycles. The first kappa shape index (κ1) is 18.7. The van der Waals surface area contributed by atoms with Crippen LogP contribution in [0.4, 0.5) is 14.5 Å². The van der Waals surface area contributed by atoms with Gasteiger partial charge in [0.1, 0.15) is 5.75 Å². The first-order valence-corrected chi connectivity index (χ1v) is 8.06. The lowest BCUT2D eigenvalue weighted by molar-refractivity contribution is 0.0698. The lowest BCUT2D eigenvalue weighted by Gasteiger charge is -2.10. The third-order valence-electron chi connectivity index (χ3n) is 3.30. The fraction of sp³-hybridized carbons (Fsp3) is 0.176. The van der Waals surface area contributed by atoms with Gasteiger partial charge < -0.3 is 9.84 Å². The predicted octanol–water partition coefficient (Wildman–Crippen LogP) is 4.54. The fourth-order valence-electron chi connectivity index (χ4n) is 2.06. The van der Waals surface area contributed by atoms with Crippen LogP contribution in [0.5, 0.6) is 5.75 Å². The van der Waals surface area contributed by atoms with Crippen molar-refractivity contribution in [3.8, 4) is 5.75 Å². The molecule has 2 rings (SSSR count). The minimum atomic E-state index is -2.54. The Morgan fingerprint density at radius 3 is 2.64 bits per heavy atom. The Morgan fingerprint density at radius 2 is 2.00 bits per heavy atom. The molecule has 0 aliphatic rings. The highest BCUT2D eigenvalue weighted by Gasteiger charge is 2.13. The van der Waals surface area contributed by atoms with E-state index in [1.54, 1.807) is 37.3 Å². The number of halogens is 2. The van der Waals surface area contributed by atoms with Gasteiger partial charge in [0.15, 0.2) is 0 Å². The molecule has 5 nitrogen and oxygen atoms in total. The number of aromatic carboxylic acids is 1. The normalized spacial score (nSPS) is 11.5. The molecule has 0 spiro atoms. The summed E-state index contributed by atoms with van der Waals surface area (Å²) >= 11 is 0.406. The SMILES string of the molecule is COc1cc(C(C)=NNc2ccccc2C(=O)O)ccc1SC(F)F. The number of hydrogen-bond donors (Lipinski definition) is 2. The highest BCUT2D eigenvalue weighted by Crippen LogP contribution is 2.34. The number of carboxylic acid groups (broad SMARTS) is 1. The molecule has 132 valence electrons. The topological polar surface area (TPSA) is 70.9 Å². The summed E-state index contributed by atoms with van der Waals surface area (Å²) in [6, 6.07) is 11.2. The van der Waals surface area contributed by atoms with Crippen molar-refractivity contribution in [1.82, 2.24) is 0 Å². The molecule has 8 heteroatoms. The zero-order valence-electron chi connectivity index (χ0n) is 13.5. The number of thioether (sulfide) groups is 1. The van der Waals surface area contributed by atoms with E-state index in [0.717, 1.165) is 0 Å². The van der Waals surface area contributed by atoms with E-state index in [9.17, 15) is 13.6 Å². The maximum absolute atomic E-state index is 12.5. The van der Waals surface area contributed by atoms with Gasteiger partial charge in [-0.25, -0.2) is 4.79 Å². The molecular formula is C17H16F2N2O3S. The summed E-state index contributed by atoms with van der Waals surface area (Å²) in [6.45, 7) is 1.71. The zero-order valence-corrected chi connectivity index (χ0v) is 14.3. The number of ether oxygens (including phenoxy) is 1. The summed E-state index contributed by atoms with van der Waals surface area (Å²) in [4.78, 5) is 11.5. The molecule has 0 aliphatic heterocycles. The molecule has 0 heterocycles. The summed E-state index contributed by atoms with van der Waals surface area (Å²) in [5.41, 5.74) is 4.38. The lowest BCUT2D eigenvalue weighted by Crippen LogP contribution is -2.05. The van der Waals surface area contributed by atoms with Gasteiger partial charge in [0.05, 0.1) is 29.0 Å². The molecule has 0 unspecified atom stereocenters. The Hall–Kier alpha value is -2.61. The van der Waals surface area contributed by atoms with Crippen molar-refractivity contribution in [2.75, 3.05) is 12.5 Å². The van der Waals surface area contributed by atoms with Crippen LogP contribution in [0, 0.1) is 0 Å². The Kier molecular flexibility index (Phi) is 6.35. The number of carboxylic acids is 1. The zero-order chi connectivity index (χ0) is 18.4. The van der Waals surface area contributed by atoms with Gasteiger partial charge in [-0.15, -0.1) is 0 Å². The third kappa shape index (κ3) is 4.93. The average molecular weight is 366 g/mol. The molecule has 0 bridgehead atoms. The van der Waals surface area contributed by atoms with E-state index in [4.69, 9.17) is 9.84 Å². The Labute approximate surface area is 147 Å². The standard InChI is InChI=1S/C17H16F2N2O3S/c1-10(20-21-13-6-4-3-5-12(13)16(22)23)11-7-8-15(25-17(18)19)14(9-11)24-2/h3-9,17,21H,1-2H3,(H,22,23). The molecule has 0 amide bonds. The Balaban J connectivity index is 2.24. The van der Waals surface area contributed by atoms with Crippen molar-refractivity contribution in [3.05, 3.63) is 53.6 Å². The maximum atomic E-state index is 12.5. The maximum Gasteiger partial charge on any atom is 0.337 e. The van der Waals surface area contributed by atoms with E-state index >= 15 is 0 Å². The van der Waals surface area contributed by atoms with Gasteiger partial charge in [0, 0.05) is 5.56 Å². The van der Waals surface area contributed by atoms with Crippen LogP contribution in [0.25, 0.3) is 0 Å². The minimum Gasteiger partial charge on any atom is -0.496 e. The first-order valence-electron chi connectivity index (χ1n) is 7.18. The van der Waals surface area contributed by atoms with E-state index in [1.807, 2.05) is 0 Å². The highest BCUT2D eigenvalue weighted by molar-refractivity contribution is 7.99. The van der Waals surface area contributed by atoms with Crippen molar-refractivity contribution in [2.45, 2.75) is 17.6 Å². The number of methoxy groups -OCH3 is 1. The summed E-state index contributed by atoms with van der Waals surface area (Å²) in [6.07, 6.45) is 0. The quantitative estimate of drug-likeness (QED) is 0.427. The van der Waals surface area contributed by atoms with Crippen molar-refractivity contribution in [1.29, 1.82) is 0 Å². The summed E-state index contributed by atoms with van der Waals surface area (Å²) in [5.74, 6) is -3.28. The van der Waals surface area contributed by atoms with Crippen LogP contribution in [0.2, 0.25) is 0 Å². The molecule has 2 N–H and O–H groups in total. The molecule has 0 fully saturated rings. The second-order valence-electron chi connectivity index (χ2n) is 4.90. The lowest BCUT2D eigenvalue weighted by atomic mass is 10.1. The van der Waals surface area contributed by atoms with E-state index < -0.39 is 11.7 Å². The Bertz CT molecular complexity index is 797. The number of alkyl halides is 2. The third-order valence-corrected chi connectivity index (χ3v) is 4.07. The molecule has 25 heavy (non-hydrogen) atoms. The predicted molar refractivity (Wildman–Crippen MR) is 94.1 cm³/mol. The van der Waals surface area contributed by atoms with E-state index in [0.29, 0.717) is 39.4 Å². The van der Waals surface area contributed by atoms with Crippen LogP contribution in [0.1, 0.15) is 22.8 Å². The van der Waals surface area contributed by atoms with Gasteiger partial charge >= 0.3 is 5.97 Å². The number of rotatable bonds is 7. The van der Waals surface area contributed by atoms with Gasteiger partial charge in [-0.05, 0) is 31.2 Å². The van der Waals surface area contributed by atoms with Gasteiger partial charge in [-0.2, -0.15) is 13.9 Å². The molecule has 2 aromatic rings. The van der Waals surface area contributed by atoms with Crippen LogP contribution >= 0.6 is 11.8 Å². The van der Waals surface area contributed by atoms with Gasteiger partial charge in [0.25, 0.3) is 5.76 Å². The van der Waals surface area contributed by atoms with Gasteiger partial charge in [-0.1, -0.05) is 30.0 Å². The second kappa shape index (κ2) is 8.48. The number of para-hydroxylation sites is 1. The fourth-order valence-corrected chi connectivity index (χ4v) is 2.66. The first-order chi connectivity index (χ1) is 11.9.